The van der Waals surface area contributed by atoms with Crippen molar-refractivity contribution in [2.75, 3.05) is 34.3 Å². The number of hydrogen-bond acceptors (Lipinski definition) is 3. The van der Waals surface area contributed by atoms with Gasteiger partial charge in [-0.25, -0.2) is 4.79 Å². The number of hydrogen-bond donors (Lipinski definition) is 2. The second-order valence-corrected chi connectivity index (χ2v) is 4.86. The Bertz CT molecular complexity index is 390. The summed E-state index contributed by atoms with van der Waals surface area (Å²) in [5.74, 6) is 0. The smallest absolute Gasteiger partial charge is 0.317 e. The summed E-state index contributed by atoms with van der Waals surface area (Å²) in [6.45, 7) is 1.72. The lowest BCUT2D eigenvalue weighted by Gasteiger charge is -2.16. The second kappa shape index (κ2) is 7.76. The first-order valence-electron chi connectivity index (χ1n) is 6.35. The minimum absolute atomic E-state index is 0.0247. The van der Waals surface area contributed by atoms with Gasteiger partial charge in [-0.15, -0.1) is 0 Å². The number of nitrogens with zero attached hydrogens (tertiary/aromatic N) is 2. The fraction of sp³-hybridized carbons (Fsp3) is 0.500. The quantitative estimate of drug-likeness (QED) is 0.803. The van der Waals surface area contributed by atoms with Gasteiger partial charge >= 0.3 is 6.03 Å². The molecule has 0 fully saturated rings. The number of nitrogens with one attached hydrogen (secondary N) is 1. The van der Waals surface area contributed by atoms with Crippen molar-refractivity contribution in [3.63, 3.8) is 0 Å². The average Bonchev–Trinajstić information content (AvgIpc) is 2.37. The van der Waals surface area contributed by atoms with Gasteiger partial charge in [0.25, 0.3) is 0 Å². The fourth-order valence-electron chi connectivity index (χ4n) is 1.69. The zero-order valence-corrected chi connectivity index (χ0v) is 11.9. The van der Waals surface area contributed by atoms with Crippen molar-refractivity contribution >= 4 is 6.03 Å². The van der Waals surface area contributed by atoms with E-state index in [-0.39, 0.29) is 12.6 Å². The van der Waals surface area contributed by atoms with E-state index in [0.29, 0.717) is 13.1 Å². The fourth-order valence-corrected chi connectivity index (χ4v) is 1.69. The maximum Gasteiger partial charge on any atom is 0.317 e. The summed E-state index contributed by atoms with van der Waals surface area (Å²) in [6.07, 6.45) is 0. The van der Waals surface area contributed by atoms with Gasteiger partial charge in [0.2, 0.25) is 0 Å². The zero-order valence-electron chi connectivity index (χ0n) is 11.9. The molecule has 106 valence electrons. The molecule has 19 heavy (non-hydrogen) atoms. The minimum Gasteiger partial charge on any atom is -0.395 e. The van der Waals surface area contributed by atoms with E-state index in [1.165, 1.54) is 10.5 Å². The molecule has 0 bridgehead atoms. The van der Waals surface area contributed by atoms with Crippen molar-refractivity contribution in [3.05, 3.63) is 35.4 Å². The van der Waals surface area contributed by atoms with Crippen LogP contribution in [-0.2, 0) is 13.1 Å². The highest BCUT2D eigenvalue weighted by molar-refractivity contribution is 5.73. The molecule has 0 unspecified atom stereocenters. The van der Waals surface area contributed by atoms with Gasteiger partial charge < -0.3 is 20.2 Å². The van der Waals surface area contributed by atoms with Gasteiger partial charge in [0, 0.05) is 26.7 Å². The van der Waals surface area contributed by atoms with Crippen LogP contribution in [0, 0.1) is 0 Å². The van der Waals surface area contributed by atoms with E-state index in [1.807, 2.05) is 26.2 Å². The van der Waals surface area contributed by atoms with Gasteiger partial charge in [0.1, 0.15) is 0 Å². The summed E-state index contributed by atoms with van der Waals surface area (Å²) in [5.41, 5.74) is 2.31. The van der Waals surface area contributed by atoms with E-state index < -0.39 is 0 Å². The van der Waals surface area contributed by atoms with Crippen molar-refractivity contribution in [2.24, 2.45) is 0 Å². The summed E-state index contributed by atoms with van der Waals surface area (Å²) in [5, 5.41) is 11.6. The Labute approximate surface area is 114 Å². The lowest BCUT2D eigenvalue weighted by Crippen LogP contribution is -2.38. The topological polar surface area (TPSA) is 55.8 Å². The monoisotopic (exact) mass is 265 g/mol. The number of urea groups is 1. The SMILES string of the molecule is CN(C)Cc1ccc(CNC(=O)N(C)CCO)cc1. The average molecular weight is 265 g/mol. The number of aliphatic hydroxyl groups is 1. The molecule has 1 aromatic rings. The molecule has 0 saturated carbocycles. The first-order valence-corrected chi connectivity index (χ1v) is 6.35. The molecule has 0 spiro atoms. The van der Waals surface area contributed by atoms with Crippen LogP contribution < -0.4 is 5.32 Å². The number of aliphatic hydroxyl groups excluding tert-OH is 1. The Morgan fingerprint density at radius 1 is 1.16 bits per heavy atom. The number of carbonyl (C=O) groups is 1. The summed E-state index contributed by atoms with van der Waals surface area (Å²) in [7, 11) is 5.72. The van der Waals surface area contributed by atoms with Crippen molar-refractivity contribution < 1.29 is 9.90 Å². The summed E-state index contributed by atoms with van der Waals surface area (Å²) < 4.78 is 0. The highest BCUT2D eigenvalue weighted by Gasteiger charge is 2.06. The second-order valence-electron chi connectivity index (χ2n) is 4.86. The van der Waals surface area contributed by atoms with Crippen LogP contribution in [0.3, 0.4) is 0 Å². The van der Waals surface area contributed by atoms with E-state index in [1.54, 1.807) is 7.05 Å². The molecule has 1 rings (SSSR count). The maximum absolute atomic E-state index is 11.6. The van der Waals surface area contributed by atoms with Crippen LogP contribution in [0.5, 0.6) is 0 Å². The largest absolute Gasteiger partial charge is 0.395 e. The van der Waals surface area contributed by atoms with E-state index in [0.717, 1.165) is 12.1 Å². The molecule has 5 heteroatoms. The van der Waals surface area contributed by atoms with Crippen LogP contribution in [0.15, 0.2) is 24.3 Å². The van der Waals surface area contributed by atoms with Gasteiger partial charge in [-0.05, 0) is 25.2 Å². The van der Waals surface area contributed by atoms with Crippen molar-refractivity contribution in [2.45, 2.75) is 13.1 Å². The molecule has 0 aliphatic carbocycles. The molecule has 2 amide bonds. The van der Waals surface area contributed by atoms with E-state index >= 15 is 0 Å². The van der Waals surface area contributed by atoms with Gasteiger partial charge in [-0.1, -0.05) is 24.3 Å². The molecule has 0 atom stereocenters. The third-order valence-electron chi connectivity index (χ3n) is 2.75. The van der Waals surface area contributed by atoms with Crippen LogP contribution in [-0.4, -0.2) is 55.2 Å². The maximum atomic E-state index is 11.6. The highest BCUT2D eigenvalue weighted by atomic mass is 16.3. The van der Waals surface area contributed by atoms with Crippen molar-refractivity contribution in [3.8, 4) is 0 Å². The van der Waals surface area contributed by atoms with E-state index in [4.69, 9.17) is 5.11 Å². The lowest BCUT2D eigenvalue weighted by molar-refractivity contribution is 0.190. The number of likely N-dealkylation sites (N-methyl/N-ethyl adjacent to an activating group) is 1. The Balaban J connectivity index is 2.43. The van der Waals surface area contributed by atoms with Crippen molar-refractivity contribution in [1.82, 2.24) is 15.1 Å². The molecule has 0 aromatic heterocycles. The summed E-state index contributed by atoms with van der Waals surface area (Å²) in [6, 6.07) is 8.00. The van der Waals surface area contributed by atoms with E-state index in [9.17, 15) is 4.79 Å². The standard InChI is InChI=1S/C14H23N3O2/c1-16(2)11-13-6-4-12(5-7-13)10-15-14(19)17(3)8-9-18/h4-7,18H,8-11H2,1-3H3,(H,15,19). The van der Waals surface area contributed by atoms with E-state index in [2.05, 4.69) is 22.3 Å². The predicted octanol–water partition coefficient (Wildman–Crippen LogP) is 0.882. The highest BCUT2D eigenvalue weighted by Crippen LogP contribution is 2.06. The van der Waals surface area contributed by atoms with Gasteiger partial charge in [-0.2, -0.15) is 0 Å². The molecule has 1 aromatic carbocycles. The molecule has 0 radical (unpaired) electrons. The predicted molar refractivity (Wildman–Crippen MR) is 75.8 cm³/mol. The van der Waals surface area contributed by atoms with Crippen LogP contribution in [0.1, 0.15) is 11.1 Å². The van der Waals surface area contributed by atoms with Gasteiger partial charge in [0.05, 0.1) is 6.61 Å². The molecule has 0 heterocycles. The van der Waals surface area contributed by atoms with Crippen molar-refractivity contribution in [1.29, 1.82) is 0 Å². The molecular weight excluding hydrogens is 242 g/mol. The number of amides is 2. The lowest BCUT2D eigenvalue weighted by atomic mass is 10.1. The van der Waals surface area contributed by atoms with Crippen LogP contribution in [0.4, 0.5) is 4.79 Å². The minimum atomic E-state index is -0.175. The molecule has 5 nitrogen and oxygen atoms in total. The number of benzene rings is 1. The molecular formula is C14H23N3O2. The first-order chi connectivity index (χ1) is 9.02. The van der Waals surface area contributed by atoms with Crippen LogP contribution >= 0.6 is 0 Å². The number of rotatable bonds is 6. The molecule has 2 N–H and O–H groups in total. The Hall–Kier alpha value is -1.59. The first kappa shape index (κ1) is 15.5. The van der Waals surface area contributed by atoms with Crippen LogP contribution in [0.25, 0.3) is 0 Å². The number of carbonyl (C=O) groups excluding carboxylic acids is 1. The van der Waals surface area contributed by atoms with Gasteiger partial charge in [-0.3, -0.25) is 0 Å². The molecule has 0 aliphatic rings. The molecule has 0 saturated heterocycles. The van der Waals surface area contributed by atoms with Crippen LogP contribution in [0.2, 0.25) is 0 Å². The third-order valence-corrected chi connectivity index (χ3v) is 2.75. The normalized spacial score (nSPS) is 10.6. The summed E-state index contributed by atoms with van der Waals surface area (Å²) in [4.78, 5) is 15.2. The van der Waals surface area contributed by atoms with Gasteiger partial charge in [0.15, 0.2) is 0 Å². The Morgan fingerprint density at radius 3 is 2.26 bits per heavy atom. The Morgan fingerprint density at radius 2 is 1.74 bits per heavy atom. The third kappa shape index (κ3) is 5.72. The zero-order chi connectivity index (χ0) is 14.3. The molecule has 0 aliphatic heterocycles. The Kier molecular flexibility index (Phi) is 6.32. The summed E-state index contributed by atoms with van der Waals surface area (Å²) >= 11 is 0.